The van der Waals surface area contributed by atoms with Crippen LogP contribution < -0.4 is 9.47 Å². The summed E-state index contributed by atoms with van der Waals surface area (Å²) < 4.78 is 16.8. The Hall–Kier alpha value is -3.07. The molecular weight excluding hydrogens is 512 g/mol. The number of rotatable bonds is 11. The zero-order valence-corrected chi connectivity index (χ0v) is 22.6. The zero-order chi connectivity index (χ0) is 26.2. The van der Waals surface area contributed by atoms with Crippen molar-refractivity contribution in [1.82, 2.24) is 9.80 Å². The van der Waals surface area contributed by atoms with Gasteiger partial charge in [-0.1, -0.05) is 29.8 Å². The maximum absolute atomic E-state index is 13.7. The molecule has 0 spiro atoms. The Kier molecular flexibility index (Phi) is 9.44. The van der Waals surface area contributed by atoms with Crippen LogP contribution in [0.1, 0.15) is 33.3 Å². The lowest BCUT2D eigenvalue weighted by molar-refractivity contribution is -0.135. The first kappa shape index (κ1) is 27.0. The standard InChI is InChI=1S/C28H31ClN2O5S/c1-34-15-6-13-30(28(33)20-7-5-8-21(29)17-20)18-27(32)31-14-11-26-22(12-16-37-26)23(31)19-36-25-10-4-3-9-24(25)35-2/h3-5,7-10,12,16-17,23H,6,11,13-15,18-19H2,1-2H3. The molecule has 2 amide bonds. The van der Waals surface area contributed by atoms with Crippen LogP contribution in [0.5, 0.6) is 11.5 Å². The molecule has 1 atom stereocenters. The first-order valence-corrected chi connectivity index (χ1v) is 13.4. The van der Waals surface area contributed by atoms with Gasteiger partial charge < -0.3 is 24.0 Å². The van der Waals surface area contributed by atoms with Gasteiger partial charge in [0.1, 0.15) is 13.2 Å². The molecule has 0 radical (unpaired) electrons. The number of amides is 2. The lowest BCUT2D eigenvalue weighted by Crippen LogP contribution is -2.48. The van der Waals surface area contributed by atoms with E-state index in [9.17, 15) is 9.59 Å². The van der Waals surface area contributed by atoms with Crippen LogP contribution in [0.4, 0.5) is 0 Å². The number of fused-ring (bicyclic) bond motifs is 1. The largest absolute Gasteiger partial charge is 0.493 e. The van der Waals surface area contributed by atoms with Crippen molar-refractivity contribution in [2.75, 3.05) is 47.1 Å². The van der Waals surface area contributed by atoms with E-state index in [1.807, 2.05) is 29.2 Å². The maximum atomic E-state index is 13.7. The Morgan fingerprint density at radius 2 is 1.92 bits per heavy atom. The number of carbonyl (C=O) groups excluding carboxylic acids is 2. The topological polar surface area (TPSA) is 68.3 Å². The molecule has 196 valence electrons. The summed E-state index contributed by atoms with van der Waals surface area (Å²) in [4.78, 5) is 31.7. The molecule has 2 heterocycles. The lowest BCUT2D eigenvalue weighted by Gasteiger charge is -2.37. The Morgan fingerprint density at radius 1 is 1.11 bits per heavy atom. The molecule has 0 bridgehead atoms. The minimum atomic E-state index is -0.269. The third kappa shape index (κ3) is 6.63. The molecule has 7 nitrogen and oxygen atoms in total. The number of hydrogen-bond donors (Lipinski definition) is 0. The maximum Gasteiger partial charge on any atom is 0.254 e. The summed E-state index contributed by atoms with van der Waals surface area (Å²) >= 11 is 7.82. The molecule has 1 aromatic heterocycles. The van der Waals surface area contributed by atoms with Gasteiger partial charge >= 0.3 is 0 Å². The summed E-state index contributed by atoms with van der Waals surface area (Å²) in [6.07, 6.45) is 1.39. The summed E-state index contributed by atoms with van der Waals surface area (Å²) in [5.41, 5.74) is 1.54. The fourth-order valence-electron chi connectivity index (χ4n) is 4.49. The van der Waals surface area contributed by atoms with Crippen LogP contribution in [-0.4, -0.2) is 68.7 Å². The third-order valence-corrected chi connectivity index (χ3v) is 7.57. The van der Waals surface area contributed by atoms with E-state index < -0.39 is 0 Å². The first-order valence-electron chi connectivity index (χ1n) is 12.2. The van der Waals surface area contributed by atoms with Crippen LogP contribution in [0.25, 0.3) is 0 Å². The summed E-state index contributed by atoms with van der Waals surface area (Å²) in [6.45, 7) is 1.68. The lowest BCUT2D eigenvalue weighted by atomic mass is 10.0. The van der Waals surface area contributed by atoms with Crippen molar-refractivity contribution in [3.63, 3.8) is 0 Å². The van der Waals surface area contributed by atoms with Crippen LogP contribution in [0.3, 0.4) is 0 Å². The third-order valence-electron chi connectivity index (χ3n) is 6.34. The SMILES string of the molecule is COCCCN(CC(=O)N1CCc2sccc2C1COc1ccccc1OC)C(=O)c1cccc(Cl)c1. The van der Waals surface area contributed by atoms with Crippen molar-refractivity contribution in [3.8, 4) is 11.5 Å². The van der Waals surface area contributed by atoms with Crippen LogP contribution in [0.2, 0.25) is 5.02 Å². The number of methoxy groups -OCH3 is 2. The van der Waals surface area contributed by atoms with E-state index in [1.165, 1.54) is 4.88 Å². The number of thiophene rings is 1. The second-order valence-electron chi connectivity index (χ2n) is 8.70. The number of halogens is 1. The highest BCUT2D eigenvalue weighted by atomic mass is 35.5. The van der Waals surface area contributed by atoms with Gasteiger partial charge in [0.25, 0.3) is 5.91 Å². The molecular formula is C28H31ClN2O5S. The fourth-order valence-corrected chi connectivity index (χ4v) is 5.61. The van der Waals surface area contributed by atoms with Crippen LogP contribution >= 0.6 is 22.9 Å². The Balaban J connectivity index is 1.54. The highest BCUT2D eigenvalue weighted by Gasteiger charge is 2.33. The zero-order valence-electron chi connectivity index (χ0n) is 21.0. The fraction of sp³-hybridized carbons (Fsp3) is 0.357. The average Bonchev–Trinajstić information content (AvgIpc) is 3.40. The highest BCUT2D eigenvalue weighted by molar-refractivity contribution is 7.10. The highest BCUT2D eigenvalue weighted by Crippen LogP contribution is 2.35. The minimum Gasteiger partial charge on any atom is -0.493 e. The number of ether oxygens (including phenoxy) is 3. The van der Waals surface area contributed by atoms with Gasteiger partial charge in [-0.2, -0.15) is 0 Å². The van der Waals surface area contributed by atoms with Gasteiger partial charge in [0.2, 0.25) is 5.91 Å². The average molecular weight is 543 g/mol. The normalized spacial score (nSPS) is 14.7. The van der Waals surface area contributed by atoms with Gasteiger partial charge in [-0.15, -0.1) is 11.3 Å². The molecule has 1 aliphatic heterocycles. The summed E-state index contributed by atoms with van der Waals surface area (Å²) in [7, 11) is 3.22. The van der Waals surface area contributed by atoms with E-state index in [-0.39, 0.29) is 31.0 Å². The molecule has 0 saturated carbocycles. The van der Waals surface area contributed by atoms with E-state index in [1.54, 1.807) is 54.7 Å². The van der Waals surface area contributed by atoms with Gasteiger partial charge in [-0.3, -0.25) is 9.59 Å². The molecule has 0 N–H and O–H groups in total. The molecule has 0 saturated heterocycles. The predicted octanol–water partition coefficient (Wildman–Crippen LogP) is 5.09. The van der Waals surface area contributed by atoms with Crippen LogP contribution in [0, 0.1) is 0 Å². The number of hydrogen-bond acceptors (Lipinski definition) is 6. The molecule has 0 fully saturated rings. The van der Waals surface area contributed by atoms with Crippen molar-refractivity contribution >= 4 is 34.8 Å². The molecule has 37 heavy (non-hydrogen) atoms. The summed E-state index contributed by atoms with van der Waals surface area (Å²) in [5, 5.41) is 2.53. The quantitative estimate of drug-likeness (QED) is 0.316. The van der Waals surface area contributed by atoms with E-state index in [0.717, 1.165) is 12.0 Å². The molecule has 0 aliphatic carbocycles. The number of benzene rings is 2. The molecule has 2 aromatic carbocycles. The van der Waals surface area contributed by atoms with Crippen molar-refractivity contribution in [2.45, 2.75) is 18.9 Å². The van der Waals surface area contributed by atoms with Crippen molar-refractivity contribution in [1.29, 1.82) is 0 Å². The van der Waals surface area contributed by atoms with E-state index in [2.05, 4.69) is 11.4 Å². The number of nitrogens with zero attached hydrogens (tertiary/aromatic N) is 2. The van der Waals surface area contributed by atoms with Crippen molar-refractivity contribution < 1.29 is 23.8 Å². The predicted molar refractivity (Wildman–Crippen MR) is 145 cm³/mol. The molecule has 1 aliphatic rings. The Morgan fingerprint density at radius 3 is 2.68 bits per heavy atom. The van der Waals surface area contributed by atoms with Gasteiger partial charge in [0.15, 0.2) is 11.5 Å². The van der Waals surface area contributed by atoms with Crippen molar-refractivity contribution in [2.24, 2.45) is 0 Å². The Bertz CT molecular complexity index is 1220. The smallest absolute Gasteiger partial charge is 0.254 e. The van der Waals surface area contributed by atoms with Crippen LogP contribution in [-0.2, 0) is 16.0 Å². The number of para-hydroxylation sites is 2. The van der Waals surface area contributed by atoms with Gasteiger partial charge in [0.05, 0.1) is 13.2 Å². The molecule has 3 aromatic rings. The summed E-state index contributed by atoms with van der Waals surface area (Å²) in [5.74, 6) is 0.899. The Labute approximate surface area is 226 Å². The molecule has 4 rings (SSSR count). The van der Waals surface area contributed by atoms with Gasteiger partial charge in [-0.25, -0.2) is 0 Å². The molecule has 9 heteroatoms. The van der Waals surface area contributed by atoms with E-state index >= 15 is 0 Å². The second-order valence-corrected chi connectivity index (χ2v) is 10.1. The number of carbonyl (C=O) groups is 2. The van der Waals surface area contributed by atoms with E-state index in [0.29, 0.717) is 48.2 Å². The van der Waals surface area contributed by atoms with E-state index in [4.69, 9.17) is 25.8 Å². The van der Waals surface area contributed by atoms with Crippen molar-refractivity contribution in [3.05, 3.63) is 81.0 Å². The monoisotopic (exact) mass is 542 g/mol. The molecule has 1 unspecified atom stereocenters. The first-order chi connectivity index (χ1) is 18.0. The van der Waals surface area contributed by atoms with Crippen LogP contribution in [0.15, 0.2) is 60.0 Å². The van der Waals surface area contributed by atoms with Gasteiger partial charge in [-0.05, 0) is 60.2 Å². The second kappa shape index (κ2) is 12.9. The van der Waals surface area contributed by atoms with Gasteiger partial charge in [0, 0.05) is 42.3 Å². The minimum absolute atomic E-state index is 0.0420. The summed E-state index contributed by atoms with van der Waals surface area (Å²) in [6, 6.07) is 16.0.